The van der Waals surface area contributed by atoms with Crippen LogP contribution in [0.3, 0.4) is 0 Å². The van der Waals surface area contributed by atoms with Gasteiger partial charge in [0, 0.05) is 24.7 Å². The first-order chi connectivity index (χ1) is 8.72. The summed E-state index contributed by atoms with van der Waals surface area (Å²) in [6.45, 7) is 2.86. The van der Waals surface area contributed by atoms with Gasteiger partial charge in [0.15, 0.2) is 0 Å². The summed E-state index contributed by atoms with van der Waals surface area (Å²) < 4.78 is 5.07. The molecule has 0 fully saturated rings. The molecule has 0 radical (unpaired) electrons. The van der Waals surface area contributed by atoms with Crippen LogP contribution in [0.25, 0.3) is 0 Å². The lowest BCUT2D eigenvalue weighted by molar-refractivity contribution is 0.563. The topological polar surface area (TPSA) is 68.2 Å². The van der Waals surface area contributed by atoms with Crippen molar-refractivity contribution in [3.8, 4) is 0 Å². The minimum absolute atomic E-state index is 0.570. The van der Waals surface area contributed by atoms with Crippen molar-refractivity contribution in [3.63, 3.8) is 0 Å². The van der Waals surface area contributed by atoms with Crippen LogP contribution >= 0.6 is 0 Å². The molecule has 2 rings (SSSR count). The first-order valence-electron chi connectivity index (χ1n) is 6.04. The van der Waals surface area contributed by atoms with Crippen LogP contribution in [0.2, 0.25) is 0 Å². The Bertz CT molecular complexity index is 496. The molecule has 2 aromatic heterocycles. The third-order valence-corrected chi connectivity index (χ3v) is 2.82. The fraction of sp³-hybridized carbons (Fsp3) is 0.385. The van der Waals surface area contributed by atoms with Crippen LogP contribution in [0.5, 0.6) is 0 Å². The smallest absolute Gasteiger partial charge is 0.137 e. The molecule has 0 aliphatic heterocycles. The molecule has 2 N–H and O–H groups in total. The molecular weight excluding hydrogens is 228 g/mol. The largest absolute Gasteiger partial charge is 0.472 e. The second kappa shape index (κ2) is 5.53. The lowest BCUT2D eigenvalue weighted by Crippen LogP contribution is -2.20. The second-order valence-electron chi connectivity index (χ2n) is 4.30. The van der Waals surface area contributed by atoms with Gasteiger partial charge in [0.05, 0.1) is 12.5 Å². The molecule has 96 valence electrons. The van der Waals surface area contributed by atoms with Crippen LogP contribution in [0.15, 0.2) is 29.3 Å². The Morgan fingerprint density at radius 1 is 1.39 bits per heavy atom. The fourth-order valence-corrected chi connectivity index (χ4v) is 1.97. The van der Waals surface area contributed by atoms with Gasteiger partial charge in [-0.2, -0.15) is 0 Å². The van der Waals surface area contributed by atoms with Crippen molar-refractivity contribution < 1.29 is 4.42 Å². The SMILES string of the molecule is CCCc1c(N)ncnc1N(C)Cc1ccoc1. The van der Waals surface area contributed by atoms with Gasteiger partial charge >= 0.3 is 0 Å². The maximum absolute atomic E-state index is 5.92. The van der Waals surface area contributed by atoms with Gasteiger partial charge in [-0.25, -0.2) is 9.97 Å². The maximum Gasteiger partial charge on any atom is 0.137 e. The molecule has 2 heterocycles. The molecule has 2 aromatic rings. The summed E-state index contributed by atoms with van der Waals surface area (Å²) in [5, 5.41) is 0. The lowest BCUT2D eigenvalue weighted by atomic mass is 10.1. The Labute approximate surface area is 107 Å². The number of rotatable bonds is 5. The summed E-state index contributed by atoms with van der Waals surface area (Å²) in [6.07, 6.45) is 6.82. The van der Waals surface area contributed by atoms with Gasteiger partial charge in [0.2, 0.25) is 0 Å². The van der Waals surface area contributed by atoms with Crippen molar-refractivity contribution in [1.82, 2.24) is 9.97 Å². The second-order valence-corrected chi connectivity index (χ2v) is 4.30. The summed E-state index contributed by atoms with van der Waals surface area (Å²) in [5.41, 5.74) is 8.05. The van der Waals surface area contributed by atoms with Gasteiger partial charge in [-0.1, -0.05) is 13.3 Å². The number of aromatic nitrogens is 2. The molecule has 5 nitrogen and oxygen atoms in total. The van der Waals surface area contributed by atoms with Gasteiger partial charge in [0.25, 0.3) is 0 Å². The number of hydrogen-bond donors (Lipinski definition) is 1. The zero-order chi connectivity index (χ0) is 13.0. The van der Waals surface area contributed by atoms with E-state index in [1.807, 2.05) is 13.1 Å². The van der Waals surface area contributed by atoms with Crippen LogP contribution in [0.4, 0.5) is 11.6 Å². The molecule has 0 bridgehead atoms. The van der Waals surface area contributed by atoms with E-state index in [-0.39, 0.29) is 0 Å². The van der Waals surface area contributed by atoms with Crippen molar-refractivity contribution in [2.45, 2.75) is 26.3 Å². The fourth-order valence-electron chi connectivity index (χ4n) is 1.97. The van der Waals surface area contributed by atoms with E-state index in [4.69, 9.17) is 10.2 Å². The standard InChI is InChI=1S/C13H18N4O/c1-3-4-11-12(14)15-9-16-13(11)17(2)7-10-5-6-18-8-10/h5-6,8-9H,3-4,7H2,1-2H3,(H2,14,15,16). The molecule has 0 unspecified atom stereocenters. The molecule has 0 aromatic carbocycles. The van der Waals surface area contributed by atoms with Crippen molar-refractivity contribution >= 4 is 11.6 Å². The Balaban J connectivity index is 2.23. The van der Waals surface area contributed by atoms with Crippen LogP contribution in [0, 0.1) is 0 Å². The minimum Gasteiger partial charge on any atom is -0.472 e. The van der Waals surface area contributed by atoms with E-state index in [9.17, 15) is 0 Å². The van der Waals surface area contributed by atoms with Crippen molar-refractivity contribution in [1.29, 1.82) is 0 Å². The third-order valence-electron chi connectivity index (χ3n) is 2.82. The molecule has 0 saturated heterocycles. The quantitative estimate of drug-likeness (QED) is 0.876. The Kier molecular flexibility index (Phi) is 3.82. The Morgan fingerprint density at radius 2 is 2.22 bits per heavy atom. The van der Waals surface area contributed by atoms with E-state index >= 15 is 0 Å². The van der Waals surface area contributed by atoms with E-state index < -0.39 is 0 Å². The summed E-state index contributed by atoms with van der Waals surface area (Å²) in [7, 11) is 1.99. The molecular formula is C13H18N4O. The van der Waals surface area contributed by atoms with E-state index in [0.717, 1.165) is 36.3 Å². The lowest BCUT2D eigenvalue weighted by Gasteiger charge is -2.20. The summed E-state index contributed by atoms with van der Waals surface area (Å²) in [5.74, 6) is 1.46. The first kappa shape index (κ1) is 12.4. The predicted octanol–water partition coefficient (Wildman–Crippen LogP) is 2.24. The van der Waals surface area contributed by atoms with E-state index in [2.05, 4.69) is 21.8 Å². The zero-order valence-corrected chi connectivity index (χ0v) is 10.8. The monoisotopic (exact) mass is 246 g/mol. The molecule has 0 saturated carbocycles. The third kappa shape index (κ3) is 2.61. The number of nitrogens with two attached hydrogens (primary N) is 1. The van der Waals surface area contributed by atoms with E-state index in [1.165, 1.54) is 6.33 Å². The zero-order valence-electron chi connectivity index (χ0n) is 10.8. The predicted molar refractivity (Wildman–Crippen MR) is 71.3 cm³/mol. The highest BCUT2D eigenvalue weighted by molar-refractivity contribution is 5.56. The van der Waals surface area contributed by atoms with Crippen LogP contribution < -0.4 is 10.6 Å². The van der Waals surface area contributed by atoms with Gasteiger partial charge < -0.3 is 15.1 Å². The number of anilines is 2. The molecule has 18 heavy (non-hydrogen) atoms. The highest BCUT2D eigenvalue weighted by Crippen LogP contribution is 2.23. The van der Waals surface area contributed by atoms with Crippen molar-refractivity contribution in [2.75, 3.05) is 17.7 Å². The maximum atomic E-state index is 5.92. The molecule has 0 amide bonds. The minimum atomic E-state index is 0.570. The van der Waals surface area contributed by atoms with E-state index in [0.29, 0.717) is 5.82 Å². The average molecular weight is 246 g/mol. The Morgan fingerprint density at radius 3 is 2.89 bits per heavy atom. The van der Waals surface area contributed by atoms with Crippen molar-refractivity contribution in [2.24, 2.45) is 0 Å². The van der Waals surface area contributed by atoms with Gasteiger partial charge in [-0.05, 0) is 12.5 Å². The molecule has 0 atom stereocenters. The summed E-state index contributed by atoms with van der Waals surface area (Å²) in [4.78, 5) is 10.5. The molecule has 0 aliphatic rings. The Hall–Kier alpha value is -2.04. The normalized spacial score (nSPS) is 10.6. The highest BCUT2D eigenvalue weighted by atomic mass is 16.3. The van der Waals surface area contributed by atoms with Crippen LogP contribution in [-0.2, 0) is 13.0 Å². The van der Waals surface area contributed by atoms with Gasteiger partial charge in [-0.3, -0.25) is 0 Å². The number of nitrogens with zero attached hydrogens (tertiary/aromatic N) is 3. The van der Waals surface area contributed by atoms with Crippen molar-refractivity contribution in [3.05, 3.63) is 36.0 Å². The summed E-state index contributed by atoms with van der Waals surface area (Å²) >= 11 is 0. The van der Waals surface area contributed by atoms with E-state index in [1.54, 1.807) is 12.5 Å². The first-order valence-corrected chi connectivity index (χ1v) is 6.04. The highest BCUT2D eigenvalue weighted by Gasteiger charge is 2.13. The van der Waals surface area contributed by atoms with Gasteiger partial charge in [-0.15, -0.1) is 0 Å². The van der Waals surface area contributed by atoms with Crippen LogP contribution in [0.1, 0.15) is 24.5 Å². The molecule has 0 spiro atoms. The number of furan rings is 1. The number of hydrogen-bond acceptors (Lipinski definition) is 5. The molecule has 5 heteroatoms. The molecule has 0 aliphatic carbocycles. The number of nitrogen functional groups attached to an aromatic ring is 1. The average Bonchev–Trinajstić information content (AvgIpc) is 2.84. The van der Waals surface area contributed by atoms with Crippen LogP contribution in [-0.4, -0.2) is 17.0 Å². The summed E-state index contributed by atoms with van der Waals surface area (Å²) in [6, 6.07) is 1.94. The van der Waals surface area contributed by atoms with Gasteiger partial charge in [0.1, 0.15) is 18.0 Å².